The number of anilines is 2. The minimum absolute atomic E-state index is 0. The predicted molar refractivity (Wildman–Crippen MR) is 154 cm³/mol. The summed E-state index contributed by atoms with van der Waals surface area (Å²) in [7, 11) is -4.37. The van der Waals surface area contributed by atoms with E-state index < -0.39 is 77.3 Å². The van der Waals surface area contributed by atoms with E-state index >= 15 is 0 Å². The summed E-state index contributed by atoms with van der Waals surface area (Å²) >= 11 is 0. The van der Waals surface area contributed by atoms with Crippen LogP contribution in [0.5, 0.6) is 11.5 Å². The molecule has 0 aromatic heterocycles. The first-order valence-corrected chi connectivity index (χ1v) is 15.3. The minimum atomic E-state index is -4.37. The van der Waals surface area contributed by atoms with Gasteiger partial charge in [-0.05, 0) is 54.3 Å². The number of rotatable bonds is 14. The molecule has 0 amide bonds. The average Bonchev–Trinajstić information content (AvgIpc) is 3.16. The van der Waals surface area contributed by atoms with Gasteiger partial charge in [0.05, 0.1) is 61.4 Å². The van der Waals surface area contributed by atoms with Crippen molar-refractivity contribution in [1.82, 2.24) is 0 Å². The van der Waals surface area contributed by atoms with Crippen LogP contribution in [-0.2, 0) is 51.9 Å². The van der Waals surface area contributed by atoms with Crippen LogP contribution < -0.4 is 148 Å². The van der Waals surface area contributed by atoms with Gasteiger partial charge in [0, 0.05) is 18.4 Å². The standard InChI is InChI=1S/C31H32N2O13S.4Na/c1-17-7-19(9-22(29(17)42)32(13-25(34)35)14-26(36)37)11-31(21-5-3-4-6-24(21)47(44,45)46-31)12-20-8-18(2)30(43)23(10-20)33(15-27(38)39)16-28(40)41;;;;/h3-10,42-43H,11-16H2,1-2H3,(H,34,35)(H,36,37)(H,38,39)(H,40,41);;;;/q;4*+1/p-4. The van der Waals surface area contributed by atoms with Gasteiger partial charge in [0.2, 0.25) is 0 Å². The van der Waals surface area contributed by atoms with E-state index in [0.717, 1.165) is 9.80 Å². The Morgan fingerprint density at radius 3 is 1.37 bits per heavy atom. The SMILES string of the molecule is Cc1cc(CC2(Cc3cc(C)c(O)c(N(CC(=O)[O-])CC(=O)[O-])c3)OS(=O)(=O)c3ccccc32)cc(N(CC(=O)[O-])CC(=O)[O-])c1O.[Na+].[Na+].[Na+].[Na+]. The Labute approximate surface area is 382 Å². The van der Waals surface area contributed by atoms with Crippen LogP contribution in [0.15, 0.2) is 53.4 Å². The molecule has 250 valence electrons. The topological polar surface area (TPSA) is 251 Å². The van der Waals surface area contributed by atoms with Crippen LogP contribution in [0.2, 0.25) is 0 Å². The smallest absolute Gasteiger partial charge is 0.548 e. The van der Waals surface area contributed by atoms with Crippen molar-refractivity contribution in [3.05, 3.63) is 76.3 Å². The molecule has 0 spiro atoms. The van der Waals surface area contributed by atoms with Crippen molar-refractivity contribution in [2.75, 3.05) is 36.0 Å². The maximum Gasteiger partial charge on any atom is 1.00 e. The summed E-state index contributed by atoms with van der Waals surface area (Å²) in [6, 6.07) is 11.4. The summed E-state index contributed by atoms with van der Waals surface area (Å²) in [4.78, 5) is 47.1. The summed E-state index contributed by atoms with van der Waals surface area (Å²) in [6.45, 7) is -0.769. The molecule has 1 aliphatic heterocycles. The van der Waals surface area contributed by atoms with E-state index in [1.165, 1.54) is 56.3 Å². The third-order valence-corrected chi connectivity index (χ3v) is 8.97. The second-order valence-corrected chi connectivity index (χ2v) is 12.7. The first kappa shape index (κ1) is 49.6. The molecule has 51 heavy (non-hydrogen) atoms. The molecule has 0 fully saturated rings. The molecule has 0 radical (unpaired) electrons. The number of fused-ring (bicyclic) bond motifs is 1. The van der Waals surface area contributed by atoms with Crippen molar-refractivity contribution < 1.29 is 181 Å². The average molecular weight is 761 g/mol. The Bertz CT molecular complexity index is 1770. The zero-order valence-electron chi connectivity index (χ0n) is 29.0. The van der Waals surface area contributed by atoms with Gasteiger partial charge in [0.15, 0.2) is 0 Å². The molecular weight excluding hydrogens is 732 g/mol. The fraction of sp³-hybridized carbons (Fsp3) is 0.290. The third-order valence-electron chi connectivity index (χ3n) is 7.54. The number of hydrogen-bond donors (Lipinski definition) is 2. The van der Waals surface area contributed by atoms with E-state index in [0.29, 0.717) is 0 Å². The number of aryl methyl sites for hydroxylation is 2. The molecule has 0 aliphatic carbocycles. The number of carbonyl (C=O) groups is 4. The second kappa shape index (κ2) is 20.4. The molecule has 3 aromatic rings. The van der Waals surface area contributed by atoms with E-state index in [4.69, 9.17) is 4.18 Å². The van der Waals surface area contributed by atoms with Crippen molar-refractivity contribution in [2.24, 2.45) is 0 Å². The second-order valence-electron chi connectivity index (χ2n) is 11.1. The number of aromatic hydroxyl groups is 2. The van der Waals surface area contributed by atoms with Crippen LogP contribution in [0.25, 0.3) is 0 Å². The van der Waals surface area contributed by atoms with Crippen molar-refractivity contribution >= 4 is 45.4 Å². The molecule has 3 aromatic carbocycles. The number of carbonyl (C=O) groups excluding carboxylic acids is 4. The number of benzene rings is 3. The zero-order chi connectivity index (χ0) is 34.8. The van der Waals surface area contributed by atoms with Gasteiger partial charge in [0.25, 0.3) is 10.1 Å². The van der Waals surface area contributed by atoms with Gasteiger partial charge >= 0.3 is 118 Å². The first-order chi connectivity index (χ1) is 21.9. The van der Waals surface area contributed by atoms with Gasteiger partial charge < -0.3 is 59.6 Å². The van der Waals surface area contributed by atoms with Gasteiger partial charge in [-0.2, -0.15) is 8.42 Å². The quantitative estimate of drug-likeness (QED) is 0.114. The fourth-order valence-electron chi connectivity index (χ4n) is 5.76. The predicted octanol–water partition coefficient (Wildman–Crippen LogP) is -15.3. The van der Waals surface area contributed by atoms with Crippen molar-refractivity contribution in [3.63, 3.8) is 0 Å². The maximum atomic E-state index is 13.3. The molecule has 0 atom stereocenters. The van der Waals surface area contributed by atoms with Gasteiger partial charge in [-0.25, -0.2) is 0 Å². The molecule has 0 unspecified atom stereocenters. The molecule has 4 rings (SSSR count). The summed E-state index contributed by atoms with van der Waals surface area (Å²) in [5.74, 6) is -7.46. The number of carboxylic acid groups (broad SMARTS) is 4. The molecule has 15 nitrogen and oxygen atoms in total. The Morgan fingerprint density at radius 1 is 0.667 bits per heavy atom. The van der Waals surface area contributed by atoms with Crippen LogP contribution in [0.4, 0.5) is 11.4 Å². The van der Waals surface area contributed by atoms with E-state index in [1.807, 2.05) is 0 Å². The maximum absolute atomic E-state index is 13.3. The van der Waals surface area contributed by atoms with Gasteiger partial charge in [-0.15, -0.1) is 0 Å². The number of carboxylic acids is 4. The number of nitrogens with zero attached hydrogens (tertiary/aromatic N) is 2. The van der Waals surface area contributed by atoms with E-state index in [9.17, 15) is 58.2 Å². The minimum Gasteiger partial charge on any atom is -0.548 e. The van der Waals surface area contributed by atoms with Crippen LogP contribution in [0.1, 0.15) is 27.8 Å². The molecule has 2 N–H and O–H groups in total. The van der Waals surface area contributed by atoms with Crippen molar-refractivity contribution in [2.45, 2.75) is 37.2 Å². The van der Waals surface area contributed by atoms with Crippen molar-refractivity contribution in [3.8, 4) is 11.5 Å². The van der Waals surface area contributed by atoms with E-state index in [1.54, 1.807) is 6.07 Å². The molecule has 1 aliphatic rings. The largest absolute Gasteiger partial charge is 1.00 e. The Hall–Kier alpha value is -1.35. The van der Waals surface area contributed by atoms with Crippen LogP contribution in [0, 0.1) is 13.8 Å². The van der Waals surface area contributed by atoms with E-state index in [-0.39, 0.29) is 175 Å². The third kappa shape index (κ3) is 12.1. The van der Waals surface area contributed by atoms with Crippen LogP contribution in [0.3, 0.4) is 0 Å². The number of hydrogen-bond acceptors (Lipinski definition) is 15. The van der Waals surface area contributed by atoms with Gasteiger partial charge in [0.1, 0.15) is 22.0 Å². The number of aliphatic carboxylic acids is 4. The summed E-state index contributed by atoms with van der Waals surface area (Å²) in [5, 5.41) is 67.2. The molecule has 0 saturated carbocycles. The monoisotopic (exact) mass is 760 g/mol. The Morgan fingerprint density at radius 2 is 1.02 bits per heavy atom. The number of phenolic OH excluding ortho intramolecular Hbond substituents is 2. The molecule has 0 bridgehead atoms. The molecular formula is C31H28N2Na4O13S. The normalized spacial score (nSPS) is 13.1. The molecule has 1 heterocycles. The summed E-state index contributed by atoms with van der Waals surface area (Å²) in [5.41, 5.74) is -0.996. The Balaban J connectivity index is 0.00000625. The van der Waals surface area contributed by atoms with Gasteiger partial charge in [-0.1, -0.05) is 30.3 Å². The van der Waals surface area contributed by atoms with Crippen LogP contribution >= 0.6 is 0 Å². The summed E-state index contributed by atoms with van der Waals surface area (Å²) in [6.07, 6.45) is -0.502. The molecule has 20 heteroatoms. The van der Waals surface area contributed by atoms with E-state index in [2.05, 4.69) is 0 Å². The van der Waals surface area contributed by atoms with Crippen molar-refractivity contribution in [1.29, 1.82) is 0 Å². The van der Waals surface area contributed by atoms with Gasteiger partial charge in [-0.3, -0.25) is 4.18 Å². The Kier molecular flexibility index (Phi) is 19.8. The first-order valence-electron chi connectivity index (χ1n) is 13.9. The fourth-order valence-corrected chi connectivity index (χ4v) is 7.25. The molecule has 0 saturated heterocycles. The summed E-state index contributed by atoms with van der Waals surface area (Å²) < 4.78 is 32.5. The number of phenols is 2. The zero-order valence-corrected chi connectivity index (χ0v) is 37.9. The van der Waals surface area contributed by atoms with Crippen LogP contribution in [-0.4, -0.2) is 68.7 Å².